The Morgan fingerprint density at radius 2 is 1.72 bits per heavy atom. The van der Waals surface area contributed by atoms with E-state index in [1.165, 1.54) is 5.52 Å². The molecule has 0 radical (unpaired) electrons. The van der Waals surface area contributed by atoms with E-state index >= 15 is 0 Å². The number of carbonyl (C=O) groups is 2. The zero-order valence-electron chi connectivity index (χ0n) is 18.9. The van der Waals surface area contributed by atoms with Gasteiger partial charge >= 0.3 is 18.3 Å². The predicted molar refractivity (Wildman–Crippen MR) is 110 cm³/mol. The first-order valence-corrected chi connectivity index (χ1v) is 9.94. The fourth-order valence-electron chi connectivity index (χ4n) is 2.90. The van der Waals surface area contributed by atoms with E-state index in [1.54, 1.807) is 7.11 Å². The lowest BCUT2D eigenvalue weighted by Gasteiger charge is -2.03. The van der Waals surface area contributed by atoms with Gasteiger partial charge in [0.2, 0.25) is 0 Å². The molecule has 15 heteroatoms. The van der Waals surface area contributed by atoms with Crippen LogP contribution in [0.2, 0.25) is 0 Å². The van der Waals surface area contributed by atoms with E-state index in [0.29, 0.717) is 13.1 Å². The largest absolute Gasteiger partial charge is 0.542 e. The van der Waals surface area contributed by atoms with Crippen LogP contribution in [0.1, 0.15) is 18.4 Å². The number of rotatable bonds is 5. The Morgan fingerprint density at radius 1 is 1.14 bits per heavy atom. The molecule has 0 aliphatic rings. The number of nitrogens with two attached hydrogens (primary N) is 1. The van der Waals surface area contributed by atoms with Gasteiger partial charge in [0.25, 0.3) is 5.82 Å². The molecule has 0 fully saturated rings. The van der Waals surface area contributed by atoms with Crippen molar-refractivity contribution in [3.63, 3.8) is 0 Å². The fourth-order valence-corrected chi connectivity index (χ4v) is 2.90. The van der Waals surface area contributed by atoms with Gasteiger partial charge in [0.05, 0.1) is 25.9 Å². The number of halogens is 6. The summed E-state index contributed by atoms with van der Waals surface area (Å²) >= 11 is 0. The van der Waals surface area contributed by atoms with E-state index < -0.39 is 24.3 Å². The van der Waals surface area contributed by atoms with Crippen molar-refractivity contribution in [1.29, 1.82) is 0 Å². The lowest BCUT2D eigenvalue weighted by Crippen LogP contribution is -2.38. The van der Waals surface area contributed by atoms with Crippen LogP contribution in [0, 0.1) is 0 Å². The van der Waals surface area contributed by atoms with Crippen LogP contribution in [-0.2, 0) is 29.2 Å². The van der Waals surface area contributed by atoms with E-state index in [1.807, 2.05) is 30.5 Å². The molecule has 198 valence electrons. The molecular formula is C21H22F6N4O5. The summed E-state index contributed by atoms with van der Waals surface area (Å²) in [5, 5.41) is 15.9. The summed E-state index contributed by atoms with van der Waals surface area (Å²) in [7, 11) is 1.69. The Kier molecular flexibility index (Phi) is 10.6. The number of carboxylic acids is 2. The number of aliphatic carboxylic acids is 2. The van der Waals surface area contributed by atoms with Gasteiger partial charge in [-0.2, -0.15) is 26.3 Å². The van der Waals surface area contributed by atoms with E-state index in [-0.39, 0.29) is 0 Å². The van der Waals surface area contributed by atoms with Crippen LogP contribution in [0.5, 0.6) is 5.75 Å². The normalized spacial score (nSPS) is 11.1. The first-order chi connectivity index (χ1) is 16.7. The maximum Gasteiger partial charge on any atom is 0.490 e. The van der Waals surface area contributed by atoms with Crippen molar-refractivity contribution in [3.8, 4) is 5.75 Å². The Morgan fingerprint density at radius 3 is 2.11 bits per heavy atom. The van der Waals surface area contributed by atoms with Crippen LogP contribution < -0.4 is 20.1 Å². The smallest absolute Gasteiger partial charge is 0.490 e. The summed E-state index contributed by atoms with van der Waals surface area (Å²) in [6.45, 7) is 4.19. The molecule has 2 heterocycles. The Balaban J connectivity index is 0.000000383. The molecule has 0 saturated heterocycles. The van der Waals surface area contributed by atoms with Gasteiger partial charge in [-0.25, -0.2) is 13.9 Å². The highest BCUT2D eigenvalue weighted by atomic mass is 19.4. The SMILES string of the molecule is CC[n+]1c(CN)n(Cc2ccccn2)c2cc(OC)ccc21.O=C(O)C(F)(F)F.O=C([O-])C(F)(F)F. The van der Waals surface area contributed by atoms with Crippen LogP contribution in [0.25, 0.3) is 11.0 Å². The number of benzene rings is 1. The summed E-state index contributed by atoms with van der Waals surface area (Å²) in [6, 6.07) is 12.1. The maximum atomic E-state index is 10.6. The number of carboxylic acid groups (broad SMARTS) is 2. The van der Waals surface area contributed by atoms with Crippen molar-refractivity contribution in [2.75, 3.05) is 7.11 Å². The molecule has 0 aliphatic heterocycles. The van der Waals surface area contributed by atoms with Crippen LogP contribution in [-0.4, -0.2) is 46.1 Å². The van der Waals surface area contributed by atoms with Gasteiger partial charge in [-0.1, -0.05) is 6.07 Å². The standard InChI is InChI=1S/C17H21N4O.2C2HF3O2/c1-3-20-15-8-7-14(22-2)10-16(15)21(17(20)11-18)12-13-6-4-5-9-19-13;2*3-2(4,5)1(6)7/h4-10H,3,11-12,18H2,1-2H3;2*(H,6,7)/q+1;;/p-1. The first-order valence-electron chi connectivity index (χ1n) is 9.94. The number of nitrogens with zero attached hydrogens (tertiary/aromatic N) is 3. The average Bonchev–Trinajstić information content (AvgIpc) is 3.10. The van der Waals surface area contributed by atoms with Crippen LogP contribution in [0.3, 0.4) is 0 Å². The molecule has 0 spiro atoms. The van der Waals surface area contributed by atoms with E-state index in [4.69, 9.17) is 30.3 Å². The topological polar surface area (TPSA) is 134 Å². The minimum Gasteiger partial charge on any atom is -0.542 e. The highest BCUT2D eigenvalue weighted by molar-refractivity contribution is 5.74. The highest BCUT2D eigenvalue weighted by Gasteiger charge is 2.38. The van der Waals surface area contributed by atoms with Crippen molar-refractivity contribution in [1.82, 2.24) is 9.55 Å². The molecule has 0 aliphatic carbocycles. The number of ether oxygens (including phenoxy) is 1. The van der Waals surface area contributed by atoms with Gasteiger partial charge in [0.15, 0.2) is 11.0 Å². The number of carbonyl (C=O) groups excluding carboxylic acids is 1. The van der Waals surface area contributed by atoms with Crippen molar-refractivity contribution < 1.29 is 55.4 Å². The number of hydrogen-bond donors (Lipinski definition) is 2. The Hall–Kier alpha value is -3.88. The number of imidazole rings is 1. The summed E-state index contributed by atoms with van der Waals surface area (Å²) < 4.78 is 73.1. The van der Waals surface area contributed by atoms with Gasteiger partial charge in [-0.3, -0.25) is 4.98 Å². The molecule has 3 rings (SSSR count). The van der Waals surface area contributed by atoms with Crippen molar-refractivity contribution in [3.05, 3.63) is 54.1 Å². The molecule has 0 amide bonds. The molecule has 0 unspecified atom stereocenters. The van der Waals surface area contributed by atoms with Crippen molar-refractivity contribution in [2.45, 2.75) is 38.9 Å². The second kappa shape index (κ2) is 12.7. The second-order valence-electron chi connectivity index (χ2n) is 6.71. The molecule has 0 saturated carbocycles. The summed E-state index contributed by atoms with van der Waals surface area (Å²) in [5.41, 5.74) is 9.32. The van der Waals surface area contributed by atoms with Crippen LogP contribution >= 0.6 is 0 Å². The minimum absolute atomic E-state index is 0.484. The Bertz CT molecular complexity index is 1140. The highest BCUT2D eigenvalue weighted by Crippen LogP contribution is 2.22. The van der Waals surface area contributed by atoms with E-state index in [9.17, 15) is 26.3 Å². The minimum atomic E-state index is -5.19. The number of fused-ring (bicyclic) bond motifs is 1. The molecule has 2 aromatic heterocycles. The van der Waals surface area contributed by atoms with Crippen LogP contribution in [0.15, 0.2) is 42.6 Å². The van der Waals surface area contributed by atoms with Gasteiger partial charge in [-0.05, 0) is 31.2 Å². The molecule has 0 atom stereocenters. The molecule has 9 nitrogen and oxygen atoms in total. The summed E-state index contributed by atoms with van der Waals surface area (Å²) in [6.07, 6.45) is -8.46. The number of methoxy groups -OCH3 is 1. The molecule has 0 bridgehead atoms. The van der Waals surface area contributed by atoms with Gasteiger partial charge in [0.1, 0.15) is 18.3 Å². The lowest BCUT2D eigenvalue weighted by atomic mass is 10.3. The first kappa shape index (κ1) is 30.2. The quantitative estimate of drug-likeness (QED) is 0.384. The molecular weight excluding hydrogens is 502 g/mol. The summed E-state index contributed by atoms with van der Waals surface area (Å²) in [4.78, 5) is 22.1. The number of hydrogen-bond acceptors (Lipinski definition) is 6. The maximum absolute atomic E-state index is 10.6. The third-order valence-electron chi connectivity index (χ3n) is 4.41. The predicted octanol–water partition coefficient (Wildman–Crippen LogP) is 1.79. The van der Waals surface area contributed by atoms with E-state index in [2.05, 4.69) is 33.2 Å². The third kappa shape index (κ3) is 8.41. The van der Waals surface area contributed by atoms with Crippen LogP contribution in [0.4, 0.5) is 26.3 Å². The molecule has 36 heavy (non-hydrogen) atoms. The third-order valence-corrected chi connectivity index (χ3v) is 4.41. The lowest BCUT2D eigenvalue weighted by molar-refractivity contribution is -0.676. The summed E-state index contributed by atoms with van der Waals surface area (Å²) in [5.74, 6) is -3.82. The zero-order valence-corrected chi connectivity index (χ0v) is 18.9. The number of pyridine rings is 1. The number of aromatic nitrogens is 3. The van der Waals surface area contributed by atoms with Gasteiger partial charge in [-0.15, -0.1) is 0 Å². The van der Waals surface area contributed by atoms with Gasteiger partial charge < -0.3 is 25.5 Å². The number of alkyl halides is 6. The Labute approximate surface area is 200 Å². The zero-order chi connectivity index (χ0) is 27.7. The molecule has 1 aromatic carbocycles. The number of aryl methyl sites for hydroxylation is 1. The van der Waals surface area contributed by atoms with Crippen molar-refractivity contribution in [2.24, 2.45) is 5.73 Å². The fraction of sp³-hybridized carbons (Fsp3) is 0.333. The van der Waals surface area contributed by atoms with E-state index in [0.717, 1.165) is 29.3 Å². The molecule has 3 N–H and O–H groups in total. The van der Waals surface area contributed by atoms with Crippen molar-refractivity contribution >= 4 is 23.0 Å². The average molecular weight is 524 g/mol. The molecule has 3 aromatic rings. The second-order valence-corrected chi connectivity index (χ2v) is 6.71. The monoisotopic (exact) mass is 524 g/mol. The van der Waals surface area contributed by atoms with Gasteiger partial charge in [0, 0.05) is 12.3 Å².